The van der Waals surface area contributed by atoms with E-state index in [2.05, 4.69) is 11.8 Å². The zero-order valence-corrected chi connectivity index (χ0v) is 12.0. The molecule has 3 heteroatoms. The van der Waals surface area contributed by atoms with E-state index in [-0.39, 0.29) is 6.04 Å². The number of rotatable bonds is 4. The molecule has 2 unspecified atom stereocenters. The molecule has 106 valence electrons. The van der Waals surface area contributed by atoms with Gasteiger partial charge in [-0.2, -0.15) is 0 Å². The van der Waals surface area contributed by atoms with E-state index < -0.39 is 6.10 Å². The molecule has 1 fully saturated rings. The Bertz CT molecular complexity index is 369. The van der Waals surface area contributed by atoms with Crippen LogP contribution in [-0.2, 0) is 0 Å². The second kappa shape index (κ2) is 6.92. The zero-order chi connectivity index (χ0) is 13.7. The van der Waals surface area contributed by atoms with Crippen molar-refractivity contribution < 1.29 is 9.84 Å². The van der Waals surface area contributed by atoms with E-state index in [1.165, 1.54) is 25.7 Å². The normalized spacial score (nSPS) is 20.6. The zero-order valence-electron chi connectivity index (χ0n) is 12.0. The van der Waals surface area contributed by atoms with Gasteiger partial charge < -0.3 is 9.84 Å². The Labute approximate surface area is 116 Å². The fourth-order valence-electron chi connectivity index (χ4n) is 2.78. The van der Waals surface area contributed by atoms with Crippen LogP contribution in [0.5, 0.6) is 5.75 Å². The summed E-state index contributed by atoms with van der Waals surface area (Å²) in [5, 5.41) is 10.5. The third-order valence-electron chi connectivity index (χ3n) is 4.13. The first kappa shape index (κ1) is 14.4. The number of hydrogen-bond donors (Lipinski definition) is 1. The van der Waals surface area contributed by atoms with Gasteiger partial charge in [-0.15, -0.1) is 0 Å². The molecule has 1 aromatic carbocycles. The minimum absolute atomic E-state index is 0.173. The van der Waals surface area contributed by atoms with E-state index in [0.717, 1.165) is 24.4 Å². The molecule has 1 aliphatic rings. The number of likely N-dealkylation sites (tertiary alicyclic amines) is 1. The quantitative estimate of drug-likeness (QED) is 0.906. The number of ether oxygens (including phenoxy) is 1. The Kier molecular flexibility index (Phi) is 5.23. The van der Waals surface area contributed by atoms with Crippen molar-refractivity contribution in [2.75, 3.05) is 20.2 Å². The molecular weight excluding hydrogens is 238 g/mol. The van der Waals surface area contributed by atoms with Gasteiger partial charge in [-0.1, -0.05) is 25.0 Å². The first-order chi connectivity index (χ1) is 9.22. The maximum Gasteiger partial charge on any atom is 0.118 e. The Hall–Kier alpha value is -1.06. The van der Waals surface area contributed by atoms with Gasteiger partial charge in [0.15, 0.2) is 0 Å². The first-order valence-corrected chi connectivity index (χ1v) is 7.28. The number of aliphatic hydroxyl groups excluding tert-OH is 1. The lowest BCUT2D eigenvalue weighted by Gasteiger charge is -2.31. The van der Waals surface area contributed by atoms with E-state index in [0.29, 0.717) is 0 Å². The largest absolute Gasteiger partial charge is 0.497 e. The molecule has 0 spiro atoms. The third-order valence-corrected chi connectivity index (χ3v) is 4.13. The van der Waals surface area contributed by atoms with Crippen LogP contribution in [0.25, 0.3) is 0 Å². The molecule has 0 bridgehead atoms. The molecule has 1 heterocycles. The average Bonchev–Trinajstić information content (AvgIpc) is 2.75. The number of benzene rings is 1. The monoisotopic (exact) mass is 263 g/mol. The molecule has 2 atom stereocenters. The van der Waals surface area contributed by atoms with E-state index in [1.54, 1.807) is 7.11 Å². The molecule has 3 nitrogen and oxygen atoms in total. The maximum atomic E-state index is 10.5. The molecule has 0 saturated carbocycles. The van der Waals surface area contributed by atoms with Crippen LogP contribution in [0.1, 0.15) is 44.3 Å². The van der Waals surface area contributed by atoms with Crippen molar-refractivity contribution in [3.63, 3.8) is 0 Å². The Morgan fingerprint density at radius 3 is 2.16 bits per heavy atom. The van der Waals surface area contributed by atoms with Crippen LogP contribution in [-0.4, -0.2) is 36.2 Å². The van der Waals surface area contributed by atoms with Crippen LogP contribution in [0.15, 0.2) is 24.3 Å². The number of nitrogens with zero attached hydrogens (tertiary/aromatic N) is 1. The van der Waals surface area contributed by atoms with E-state index in [4.69, 9.17) is 4.74 Å². The summed E-state index contributed by atoms with van der Waals surface area (Å²) in [5.41, 5.74) is 0.970. The fraction of sp³-hybridized carbons (Fsp3) is 0.625. The van der Waals surface area contributed by atoms with Crippen molar-refractivity contribution in [1.82, 2.24) is 4.90 Å². The van der Waals surface area contributed by atoms with Gasteiger partial charge in [0.25, 0.3) is 0 Å². The van der Waals surface area contributed by atoms with Crippen molar-refractivity contribution in [3.05, 3.63) is 29.8 Å². The summed E-state index contributed by atoms with van der Waals surface area (Å²) in [7, 11) is 1.66. The summed E-state index contributed by atoms with van der Waals surface area (Å²) < 4.78 is 5.15. The van der Waals surface area contributed by atoms with Gasteiger partial charge in [-0.3, -0.25) is 4.90 Å². The number of aliphatic hydroxyl groups is 1. The van der Waals surface area contributed by atoms with Crippen molar-refractivity contribution in [2.24, 2.45) is 0 Å². The summed E-state index contributed by atoms with van der Waals surface area (Å²) in [4.78, 5) is 2.42. The van der Waals surface area contributed by atoms with Crippen molar-refractivity contribution in [3.8, 4) is 5.75 Å². The third kappa shape index (κ3) is 3.71. The molecule has 0 aliphatic carbocycles. The number of hydrogen-bond acceptors (Lipinski definition) is 3. The molecule has 0 radical (unpaired) electrons. The van der Waals surface area contributed by atoms with Gasteiger partial charge >= 0.3 is 0 Å². The molecule has 19 heavy (non-hydrogen) atoms. The summed E-state index contributed by atoms with van der Waals surface area (Å²) >= 11 is 0. The van der Waals surface area contributed by atoms with Crippen LogP contribution in [0.3, 0.4) is 0 Å². The molecule has 0 amide bonds. The smallest absolute Gasteiger partial charge is 0.118 e. The Morgan fingerprint density at radius 1 is 1.05 bits per heavy atom. The van der Waals surface area contributed by atoms with Crippen molar-refractivity contribution >= 4 is 0 Å². The fourth-order valence-corrected chi connectivity index (χ4v) is 2.78. The minimum Gasteiger partial charge on any atom is -0.497 e. The van der Waals surface area contributed by atoms with Gasteiger partial charge in [-0.25, -0.2) is 0 Å². The standard InChI is InChI=1S/C16H25NO2/c1-13(17-11-5-3-4-6-12-17)16(18)14-7-9-15(19-2)10-8-14/h7-10,13,16,18H,3-6,11-12H2,1-2H3. The van der Waals surface area contributed by atoms with Crippen LogP contribution >= 0.6 is 0 Å². The lowest BCUT2D eigenvalue weighted by Crippen LogP contribution is -2.38. The Balaban J connectivity index is 2.01. The van der Waals surface area contributed by atoms with Gasteiger partial charge in [0.1, 0.15) is 5.75 Å². The molecule has 2 rings (SSSR count). The molecule has 1 saturated heterocycles. The highest BCUT2D eigenvalue weighted by atomic mass is 16.5. The van der Waals surface area contributed by atoms with Gasteiger partial charge in [0, 0.05) is 6.04 Å². The van der Waals surface area contributed by atoms with Crippen LogP contribution < -0.4 is 4.74 Å². The predicted octanol–water partition coefficient (Wildman–Crippen LogP) is 2.99. The van der Waals surface area contributed by atoms with Crippen LogP contribution in [0.4, 0.5) is 0 Å². The van der Waals surface area contributed by atoms with Crippen molar-refractivity contribution in [2.45, 2.75) is 44.8 Å². The first-order valence-electron chi connectivity index (χ1n) is 7.28. The molecule has 1 aromatic rings. The molecule has 0 aromatic heterocycles. The van der Waals surface area contributed by atoms with E-state index >= 15 is 0 Å². The van der Waals surface area contributed by atoms with Gasteiger partial charge in [0.2, 0.25) is 0 Å². The highest BCUT2D eigenvalue weighted by Gasteiger charge is 2.23. The van der Waals surface area contributed by atoms with Gasteiger partial charge in [0.05, 0.1) is 13.2 Å². The molecule has 1 N–H and O–H groups in total. The summed E-state index contributed by atoms with van der Waals surface area (Å²) in [6.07, 6.45) is 4.72. The highest BCUT2D eigenvalue weighted by Crippen LogP contribution is 2.24. The highest BCUT2D eigenvalue weighted by molar-refractivity contribution is 5.29. The number of methoxy groups -OCH3 is 1. The van der Waals surface area contributed by atoms with Crippen molar-refractivity contribution in [1.29, 1.82) is 0 Å². The summed E-state index contributed by atoms with van der Waals surface area (Å²) in [5.74, 6) is 0.832. The lowest BCUT2D eigenvalue weighted by atomic mass is 10.0. The SMILES string of the molecule is COc1ccc(C(O)C(C)N2CCCCCC2)cc1. The van der Waals surface area contributed by atoms with Crippen LogP contribution in [0, 0.1) is 0 Å². The topological polar surface area (TPSA) is 32.7 Å². The second-order valence-electron chi connectivity index (χ2n) is 5.41. The maximum absolute atomic E-state index is 10.5. The van der Waals surface area contributed by atoms with Crippen LogP contribution in [0.2, 0.25) is 0 Å². The van der Waals surface area contributed by atoms with E-state index in [9.17, 15) is 5.11 Å². The van der Waals surface area contributed by atoms with E-state index in [1.807, 2.05) is 24.3 Å². The average molecular weight is 263 g/mol. The summed E-state index contributed by atoms with van der Waals surface area (Å²) in [6, 6.07) is 7.91. The summed E-state index contributed by atoms with van der Waals surface area (Å²) in [6.45, 7) is 4.34. The molecule has 1 aliphatic heterocycles. The predicted molar refractivity (Wildman–Crippen MR) is 77.5 cm³/mol. The minimum atomic E-state index is -0.427. The Morgan fingerprint density at radius 2 is 1.63 bits per heavy atom. The van der Waals surface area contributed by atoms with Gasteiger partial charge in [-0.05, 0) is 50.6 Å². The second-order valence-corrected chi connectivity index (χ2v) is 5.41. The molecular formula is C16H25NO2. The lowest BCUT2D eigenvalue weighted by molar-refractivity contribution is 0.0597.